The third-order valence-corrected chi connectivity index (χ3v) is 9.32. The van der Waals surface area contributed by atoms with Crippen molar-refractivity contribution < 1.29 is 0 Å². The maximum atomic E-state index is 5.38. The molecule has 3 nitrogen and oxygen atoms in total. The first-order valence-electron chi connectivity index (χ1n) is 15.4. The summed E-state index contributed by atoms with van der Waals surface area (Å²) in [5.74, 6) is 0.838. The molecule has 0 atom stereocenters. The molecular formula is C42H25N3. The number of aromatic nitrogens is 3. The third-order valence-electron chi connectivity index (χ3n) is 9.32. The van der Waals surface area contributed by atoms with Gasteiger partial charge in [0.2, 0.25) is 0 Å². The van der Waals surface area contributed by atoms with E-state index in [0.717, 1.165) is 39.1 Å². The van der Waals surface area contributed by atoms with Gasteiger partial charge in [0, 0.05) is 21.7 Å². The first-order valence-corrected chi connectivity index (χ1v) is 15.4. The molecule has 2 heterocycles. The summed E-state index contributed by atoms with van der Waals surface area (Å²) in [6.07, 6.45) is 0. The molecule has 0 aliphatic rings. The van der Waals surface area contributed by atoms with E-state index < -0.39 is 0 Å². The summed E-state index contributed by atoms with van der Waals surface area (Å²) in [5, 5.41) is 10.1. The summed E-state index contributed by atoms with van der Waals surface area (Å²) in [5.41, 5.74) is 8.32. The molecular weight excluding hydrogens is 546 g/mol. The van der Waals surface area contributed by atoms with E-state index in [4.69, 9.17) is 9.97 Å². The summed E-state index contributed by atoms with van der Waals surface area (Å²) in [6.45, 7) is 0. The zero-order valence-electron chi connectivity index (χ0n) is 24.3. The first-order chi connectivity index (χ1) is 22.3. The number of fused-ring (bicyclic) bond motifs is 6. The number of para-hydroxylation sites is 2. The van der Waals surface area contributed by atoms with Crippen molar-refractivity contribution in [2.45, 2.75) is 0 Å². The lowest BCUT2D eigenvalue weighted by Gasteiger charge is -2.14. The minimum Gasteiger partial charge on any atom is -0.292 e. The van der Waals surface area contributed by atoms with Gasteiger partial charge < -0.3 is 0 Å². The summed E-state index contributed by atoms with van der Waals surface area (Å²) in [6, 6.07) is 54.0. The van der Waals surface area contributed by atoms with Crippen molar-refractivity contribution in [3.05, 3.63) is 152 Å². The number of benzene rings is 8. The molecule has 0 aliphatic heterocycles. The largest absolute Gasteiger partial charge is 0.292 e. The average molecular weight is 572 g/mol. The molecule has 0 spiro atoms. The monoisotopic (exact) mass is 571 g/mol. The quantitative estimate of drug-likeness (QED) is 0.198. The van der Waals surface area contributed by atoms with Crippen molar-refractivity contribution in [1.82, 2.24) is 14.5 Å². The standard InChI is InChI=1S/C42H25N3/c1-2-11-26(12-3-1)27-21-23-28(24-22-27)41-42(44-35-19-9-8-18-34(35)43-41)45-36-20-10-17-33-31-15-6-7-16-32(31)38-30-14-5-4-13-29(30)25-37(45)40(38)39(33)36/h1-25H. The lowest BCUT2D eigenvalue weighted by atomic mass is 9.91. The first kappa shape index (κ1) is 24.4. The van der Waals surface area contributed by atoms with E-state index in [9.17, 15) is 0 Å². The number of hydrogen-bond acceptors (Lipinski definition) is 2. The Morgan fingerprint density at radius 2 is 0.978 bits per heavy atom. The SMILES string of the molecule is c1ccc(-c2ccc(-c3nc4ccccc4nc3-n3c4cccc5c6ccccc6c6c7ccccc7cc3c6c54)cc2)cc1. The minimum atomic E-state index is 0.838. The van der Waals surface area contributed by atoms with Crippen LogP contribution in [0.25, 0.3) is 93.4 Å². The highest BCUT2D eigenvalue weighted by Crippen LogP contribution is 2.47. The molecule has 0 amide bonds. The predicted molar refractivity (Wildman–Crippen MR) is 188 cm³/mol. The molecule has 0 N–H and O–H groups in total. The van der Waals surface area contributed by atoms with Crippen molar-refractivity contribution in [1.29, 1.82) is 0 Å². The third kappa shape index (κ3) is 3.46. The summed E-state index contributed by atoms with van der Waals surface area (Å²) in [4.78, 5) is 10.7. The maximum absolute atomic E-state index is 5.38. The Labute approximate surface area is 259 Å². The zero-order chi connectivity index (χ0) is 29.5. The predicted octanol–water partition coefficient (Wildman–Crippen LogP) is 11.0. The molecule has 45 heavy (non-hydrogen) atoms. The van der Waals surface area contributed by atoms with Crippen LogP contribution >= 0.6 is 0 Å². The Morgan fingerprint density at radius 1 is 0.378 bits per heavy atom. The summed E-state index contributed by atoms with van der Waals surface area (Å²) < 4.78 is 2.36. The molecule has 0 radical (unpaired) electrons. The molecule has 0 aliphatic carbocycles. The second-order valence-corrected chi connectivity index (χ2v) is 11.8. The van der Waals surface area contributed by atoms with E-state index in [2.05, 4.69) is 138 Å². The smallest absolute Gasteiger partial charge is 0.165 e. The molecule has 0 saturated heterocycles. The number of hydrogen-bond donors (Lipinski definition) is 0. The molecule has 8 aromatic carbocycles. The molecule has 0 fully saturated rings. The summed E-state index contributed by atoms with van der Waals surface area (Å²) >= 11 is 0. The van der Waals surface area contributed by atoms with Gasteiger partial charge in [0.25, 0.3) is 0 Å². The van der Waals surface area contributed by atoms with E-state index in [1.807, 2.05) is 18.2 Å². The van der Waals surface area contributed by atoms with Crippen LogP contribution in [0.1, 0.15) is 0 Å². The molecule has 0 unspecified atom stereocenters. The Balaban J connectivity index is 1.36. The molecule has 2 aromatic heterocycles. The van der Waals surface area contributed by atoms with Gasteiger partial charge >= 0.3 is 0 Å². The molecule has 10 rings (SSSR count). The van der Waals surface area contributed by atoms with Gasteiger partial charge in [-0.05, 0) is 62.3 Å². The van der Waals surface area contributed by atoms with Crippen LogP contribution in [0.15, 0.2) is 152 Å². The van der Waals surface area contributed by atoms with Gasteiger partial charge in [-0.15, -0.1) is 0 Å². The van der Waals surface area contributed by atoms with Crippen molar-refractivity contribution in [2.75, 3.05) is 0 Å². The lowest BCUT2D eigenvalue weighted by molar-refractivity contribution is 1.08. The fourth-order valence-corrected chi connectivity index (χ4v) is 7.34. The van der Waals surface area contributed by atoms with Crippen LogP contribution in [0, 0.1) is 0 Å². The van der Waals surface area contributed by atoms with Gasteiger partial charge in [0.1, 0.15) is 5.69 Å². The van der Waals surface area contributed by atoms with Crippen LogP contribution in [-0.4, -0.2) is 14.5 Å². The van der Waals surface area contributed by atoms with Gasteiger partial charge in [-0.3, -0.25) is 4.57 Å². The normalized spacial score (nSPS) is 12.0. The number of nitrogens with zero attached hydrogens (tertiary/aromatic N) is 3. The fourth-order valence-electron chi connectivity index (χ4n) is 7.34. The van der Waals surface area contributed by atoms with Crippen LogP contribution in [-0.2, 0) is 0 Å². The van der Waals surface area contributed by atoms with Crippen LogP contribution in [0.4, 0.5) is 0 Å². The van der Waals surface area contributed by atoms with Crippen molar-refractivity contribution in [2.24, 2.45) is 0 Å². The van der Waals surface area contributed by atoms with Crippen molar-refractivity contribution in [3.8, 4) is 28.2 Å². The van der Waals surface area contributed by atoms with Crippen LogP contribution in [0.5, 0.6) is 0 Å². The minimum absolute atomic E-state index is 0.838. The molecule has 208 valence electrons. The second kappa shape index (κ2) is 9.22. The molecule has 3 heteroatoms. The molecule has 10 aromatic rings. The van der Waals surface area contributed by atoms with Crippen molar-refractivity contribution >= 4 is 65.2 Å². The Bertz CT molecular complexity index is 2730. The second-order valence-electron chi connectivity index (χ2n) is 11.8. The highest BCUT2D eigenvalue weighted by molar-refractivity contribution is 6.39. The fraction of sp³-hybridized carbons (Fsp3) is 0. The maximum Gasteiger partial charge on any atom is 0.165 e. The van der Waals surface area contributed by atoms with E-state index in [-0.39, 0.29) is 0 Å². The van der Waals surface area contributed by atoms with Gasteiger partial charge in [-0.2, -0.15) is 0 Å². The van der Waals surface area contributed by atoms with Crippen molar-refractivity contribution in [3.63, 3.8) is 0 Å². The van der Waals surface area contributed by atoms with Gasteiger partial charge in [0.15, 0.2) is 5.82 Å². The van der Waals surface area contributed by atoms with Crippen LogP contribution in [0.3, 0.4) is 0 Å². The zero-order valence-corrected chi connectivity index (χ0v) is 24.3. The van der Waals surface area contributed by atoms with E-state index in [1.165, 1.54) is 54.2 Å². The Hall–Kier alpha value is -6.06. The van der Waals surface area contributed by atoms with E-state index >= 15 is 0 Å². The Kier molecular flexibility index (Phi) is 5.00. The average Bonchev–Trinajstić information content (AvgIpc) is 3.44. The van der Waals surface area contributed by atoms with Gasteiger partial charge in [-0.1, -0.05) is 127 Å². The Morgan fingerprint density at radius 3 is 1.80 bits per heavy atom. The highest BCUT2D eigenvalue weighted by atomic mass is 15.1. The topological polar surface area (TPSA) is 30.7 Å². The number of rotatable bonds is 3. The van der Waals surface area contributed by atoms with Crippen LogP contribution < -0.4 is 0 Å². The summed E-state index contributed by atoms with van der Waals surface area (Å²) in [7, 11) is 0. The lowest BCUT2D eigenvalue weighted by Crippen LogP contribution is -2.03. The van der Waals surface area contributed by atoms with Gasteiger partial charge in [-0.25, -0.2) is 9.97 Å². The van der Waals surface area contributed by atoms with E-state index in [1.54, 1.807) is 0 Å². The van der Waals surface area contributed by atoms with E-state index in [0.29, 0.717) is 0 Å². The molecule has 0 saturated carbocycles. The highest BCUT2D eigenvalue weighted by Gasteiger charge is 2.24. The molecule has 0 bridgehead atoms. The van der Waals surface area contributed by atoms with Gasteiger partial charge in [0.05, 0.1) is 22.1 Å². The van der Waals surface area contributed by atoms with Crippen LogP contribution in [0.2, 0.25) is 0 Å².